The number of nitrogens with one attached hydrogen (secondary N) is 1. The number of hydrogen-bond donors (Lipinski definition) is 1. The highest BCUT2D eigenvalue weighted by molar-refractivity contribution is 6.30. The number of benzene rings is 1. The molecule has 1 amide bonds. The van der Waals surface area contributed by atoms with Gasteiger partial charge < -0.3 is 14.9 Å². The van der Waals surface area contributed by atoms with Gasteiger partial charge in [-0.05, 0) is 75.6 Å². The molecule has 1 atom stereocenters. The minimum absolute atomic E-state index is 0.00935. The lowest BCUT2D eigenvalue weighted by atomic mass is 9.93. The van der Waals surface area contributed by atoms with Crippen molar-refractivity contribution in [2.75, 3.05) is 6.61 Å². The van der Waals surface area contributed by atoms with Gasteiger partial charge in [0, 0.05) is 16.8 Å². The highest BCUT2D eigenvalue weighted by Gasteiger charge is 2.25. The Hall–Kier alpha value is -2.60. The lowest BCUT2D eigenvalue weighted by Gasteiger charge is -2.25. The van der Waals surface area contributed by atoms with Gasteiger partial charge in [0.15, 0.2) is 0 Å². The van der Waals surface area contributed by atoms with E-state index in [9.17, 15) is 4.79 Å². The Bertz CT molecular complexity index is 971. The van der Waals surface area contributed by atoms with Crippen LogP contribution in [0.5, 0.6) is 5.88 Å². The van der Waals surface area contributed by atoms with E-state index in [1.165, 1.54) is 12.8 Å². The molecule has 2 saturated carbocycles. The summed E-state index contributed by atoms with van der Waals surface area (Å²) in [5, 5.41) is 8.08. The first-order valence-corrected chi connectivity index (χ1v) is 11.8. The summed E-state index contributed by atoms with van der Waals surface area (Å²) >= 11 is 6.07. The Morgan fingerprint density at radius 2 is 2.00 bits per heavy atom. The van der Waals surface area contributed by atoms with Crippen LogP contribution in [0.15, 0.2) is 41.7 Å². The van der Waals surface area contributed by atoms with Crippen molar-refractivity contribution < 1.29 is 14.4 Å². The average molecular weight is 456 g/mol. The minimum Gasteiger partial charge on any atom is -0.477 e. The number of nitrogens with zero attached hydrogens (tertiary/aromatic N) is 2. The van der Waals surface area contributed by atoms with Crippen LogP contribution in [0.2, 0.25) is 5.02 Å². The van der Waals surface area contributed by atoms with Crippen LogP contribution < -0.4 is 10.1 Å². The van der Waals surface area contributed by atoms with Gasteiger partial charge in [0.2, 0.25) is 5.88 Å². The Labute approximate surface area is 194 Å². The van der Waals surface area contributed by atoms with Gasteiger partial charge in [-0.2, -0.15) is 0 Å². The van der Waals surface area contributed by atoms with Crippen LogP contribution >= 0.6 is 11.6 Å². The van der Waals surface area contributed by atoms with E-state index in [-0.39, 0.29) is 18.1 Å². The Kier molecular flexibility index (Phi) is 7.30. The van der Waals surface area contributed by atoms with Crippen LogP contribution in [0, 0.1) is 5.92 Å². The summed E-state index contributed by atoms with van der Waals surface area (Å²) in [6, 6.07) is 9.21. The van der Waals surface area contributed by atoms with Crippen molar-refractivity contribution in [1.29, 1.82) is 0 Å². The van der Waals surface area contributed by atoms with Crippen molar-refractivity contribution in [3.8, 4) is 17.0 Å². The first kappa shape index (κ1) is 22.6. The third kappa shape index (κ3) is 6.00. The van der Waals surface area contributed by atoms with Gasteiger partial charge in [-0.25, -0.2) is 4.98 Å². The summed E-state index contributed by atoms with van der Waals surface area (Å²) in [5.74, 6) is 0.974. The molecule has 0 unspecified atom stereocenters. The number of aromatic nitrogens is 1. The molecule has 4 rings (SSSR count). The molecule has 6 nitrogen and oxygen atoms in total. The number of halogens is 1. The van der Waals surface area contributed by atoms with Gasteiger partial charge in [0.1, 0.15) is 6.10 Å². The lowest BCUT2D eigenvalue weighted by Crippen LogP contribution is -2.42. The fourth-order valence-corrected chi connectivity index (χ4v) is 3.81. The Morgan fingerprint density at radius 1 is 1.22 bits per heavy atom. The van der Waals surface area contributed by atoms with E-state index in [2.05, 4.69) is 15.5 Å². The molecule has 0 radical (unpaired) electrons. The Morgan fingerprint density at radius 3 is 2.72 bits per heavy atom. The van der Waals surface area contributed by atoms with Gasteiger partial charge >= 0.3 is 0 Å². The molecule has 0 spiro atoms. The SMILES string of the molecule is CC(C)O/N=C1\CCCC[C@@H]1NC(=O)c1cnc(OCC2CC2)c(-c2ccc(Cl)cc2)c1. The quantitative estimate of drug-likeness (QED) is 0.522. The van der Waals surface area contributed by atoms with Crippen molar-refractivity contribution >= 4 is 23.2 Å². The summed E-state index contributed by atoms with van der Waals surface area (Å²) < 4.78 is 5.99. The van der Waals surface area contributed by atoms with Crippen LogP contribution in [0.3, 0.4) is 0 Å². The van der Waals surface area contributed by atoms with Crippen LogP contribution in [-0.4, -0.2) is 35.4 Å². The molecule has 1 N–H and O–H groups in total. The molecule has 0 bridgehead atoms. The molecule has 0 aliphatic heterocycles. The molecular weight excluding hydrogens is 426 g/mol. The molecule has 0 saturated heterocycles. The molecule has 1 heterocycles. The zero-order chi connectivity index (χ0) is 22.5. The smallest absolute Gasteiger partial charge is 0.253 e. The fourth-order valence-electron chi connectivity index (χ4n) is 3.68. The van der Waals surface area contributed by atoms with E-state index in [1.54, 1.807) is 6.20 Å². The summed E-state index contributed by atoms with van der Waals surface area (Å²) in [4.78, 5) is 23.1. The van der Waals surface area contributed by atoms with Crippen LogP contribution in [0.4, 0.5) is 0 Å². The topological polar surface area (TPSA) is 72.8 Å². The second-order valence-corrected chi connectivity index (χ2v) is 9.28. The van der Waals surface area contributed by atoms with Crippen molar-refractivity contribution in [2.24, 2.45) is 11.1 Å². The average Bonchev–Trinajstić information content (AvgIpc) is 3.62. The molecule has 32 heavy (non-hydrogen) atoms. The summed E-state index contributed by atoms with van der Waals surface area (Å²) in [5.41, 5.74) is 3.08. The van der Waals surface area contributed by atoms with E-state index in [0.29, 0.717) is 29.0 Å². The van der Waals surface area contributed by atoms with Gasteiger partial charge in [-0.15, -0.1) is 0 Å². The zero-order valence-electron chi connectivity index (χ0n) is 18.6. The minimum atomic E-state index is -0.175. The highest BCUT2D eigenvalue weighted by atomic mass is 35.5. The number of hydrogen-bond acceptors (Lipinski definition) is 5. The summed E-state index contributed by atoms with van der Waals surface area (Å²) in [7, 11) is 0. The molecule has 1 aromatic heterocycles. The zero-order valence-corrected chi connectivity index (χ0v) is 19.4. The lowest BCUT2D eigenvalue weighted by molar-refractivity contribution is 0.0831. The van der Waals surface area contributed by atoms with Crippen LogP contribution in [-0.2, 0) is 4.84 Å². The van der Waals surface area contributed by atoms with Crippen LogP contribution in [0.1, 0.15) is 62.7 Å². The maximum atomic E-state index is 13.1. The predicted octanol–water partition coefficient (Wildman–Crippen LogP) is 5.64. The first-order valence-electron chi connectivity index (χ1n) is 11.4. The number of ether oxygens (including phenoxy) is 1. The van der Waals surface area contributed by atoms with E-state index >= 15 is 0 Å². The number of rotatable bonds is 8. The highest BCUT2D eigenvalue weighted by Crippen LogP contribution is 2.33. The largest absolute Gasteiger partial charge is 0.477 e. The molecule has 1 aromatic carbocycles. The van der Waals surface area contributed by atoms with Crippen molar-refractivity contribution in [3.05, 3.63) is 47.1 Å². The van der Waals surface area contributed by atoms with E-state index < -0.39 is 0 Å². The maximum absolute atomic E-state index is 13.1. The second kappa shape index (κ2) is 10.3. The third-order valence-corrected chi connectivity index (χ3v) is 5.94. The van der Waals surface area contributed by atoms with Gasteiger partial charge in [0.25, 0.3) is 5.91 Å². The second-order valence-electron chi connectivity index (χ2n) is 8.85. The molecule has 2 aromatic rings. The van der Waals surface area contributed by atoms with Crippen LogP contribution in [0.25, 0.3) is 11.1 Å². The molecule has 7 heteroatoms. The standard InChI is InChI=1S/C25H30ClN3O3/c1-16(2)32-29-23-6-4-3-5-22(23)28-24(30)19-13-21(18-9-11-20(26)12-10-18)25(27-14-19)31-15-17-7-8-17/h9-14,16-17,22H,3-8,15H2,1-2H3,(H,28,30)/b29-23+/t22-/m0/s1. The van der Waals surface area contributed by atoms with E-state index in [0.717, 1.165) is 42.5 Å². The molecule has 2 aliphatic rings. The number of amides is 1. The van der Waals surface area contributed by atoms with E-state index in [4.69, 9.17) is 21.2 Å². The monoisotopic (exact) mass is 455 g/mol. The maximum Gasteiger partial charge on any atom is 0.253 e. The Balaban J connectivity index is 1.55. The van der Waals surface area contributed by atoms with Crippen molar-refractivity contribution in [1.82, 2.24) is 10.3 Å². The third-order valence-electron chi connectivity index (χ3n) is 5.69. The van der Waals surface area contributed by atoms with E-state index in [1.807, 2.05) is 44.2 Å². The van der Waals surface area contributed by atoms with Gasteiger partial charge in [-0.3, -0.25) is 4.79 Å². The van der Waals surface area contributed by atoms with Gasteiger partial charge in [-0.1, -0.05) is 35.3 Å². The van der Waals surface area contributed by atoms with Crippen molar-refractivity contribution in [2.45, 2.75) is 64.5 Å². The number of pyridine rings is 1. The normalized spacial score (nSPS) is 19.8. The number of carbonyl (C=O) groups is 1. The molecular formula is C25H30ClN3O3. The fraction of sp³-hybridized carbons (Fsp3) is 0.480. The number of oxime groups is 1. The number of carbonyl (C=O) groups excluding carboxylic acids is 1. The molecule has 170 valence electrons. The van der Waals surface area contributed by atoms with Crippen molar-refractivity contribution in [3.63, 3.8) is 0 Å². The summed E-state index contributed by atoms with van der Waals surface area (Å²) in [6.07, 6.45) is 7.78. The summed E-state index contributed by atoms with van der Waals surface area (Å²) in [6.45, 7) is 4.53. The molecule has 2 aliphatic carbocycles. The molecule has 2 fully saturated rings. The first-order chi connectivity index (χ1) is 15.5. The van der Waals surface area contributed by atoms with Gasteiger partial charge in [0.05, 0.1) is 23.9 Å². The predicted molar refractivity (Wildman–Crippen MR) is 126 cm³/mol.